The largest absolute Gasteiger partial charge is 0.480 e. The lowest BCUT2D eigenvalue weighted by Crippen LogP contribution is -2.50. The van der Waals surface area contributed by atoms with Crippen LogP contribution in [0, 0.1) is 11.8 Å². The number of hydrogen-bond donors (Lipinski definition) is 6. The van der Waals surface area contributed by atoms with E-state index in [1.54, 1.807) is 0 Å². The van der Waals surface area contributed by atoms with Crippen LogP contribution >= 0.6 is 21.6 Å². The lowest BCUT2D eigenvalue weighted by atomic mass is 10.0. The van der Waals surface area contributed by atoms with Gasteiger partial charge >= 0.3 is 11.9 Å². The predicted octanol–water partition coefficient (Wildman–Crippen LogP) is 0.253. The number of carbonyl (C=O) groups is 4. The van der Waals surface area contributed by atoms with Crippen LogP contribution in [0.2, 0.25) is 0 Å². The van der Waals surface area contributed by atoms with Gasteiger partial charge in [0.15, 0.2) is 0 Å². The van der Waals surface area contributed by atoms with Crippen LogP contribution < -0.4 is 22.1 Å². The minimum atomic E-state index is -1.11. The molecule has 8 N–H and O–H groups in total. The van der Waals surface area contributed by atoms with E-state index < -0.39 is 47.9 Å². The standard InChI is InChI=1S/C18H34N4O6S2/c1-9(2)5-13(17(25)26)21-15(23)11(19)7-29-30-8-12(20)16(24)22-14(18(27)28)6-10(3)4/h9-14H,5-8,19-20H2,1-4H3,(H,21,23)(H,22,24)(H,25,26)(H,27,28)/t11-,12+,13-,14-/m0/s1. The lowest BCUT2D eigenvalue weighted by molar-refractivity contribution is -0.142. The second kappa shape index (κ2) is 14.5. The second-order valence-electron chi connectivity index (χ2n) is 7.84. The molecule has 30 heavy (non-hydrogen) atoms. The van der Waals surface area contributed by atoms with Crippen molar-refractivity contribution in [3.05, 3.63) is 0 Å². The predicted molar refractivity (Wildman–Crippen MR) is 119 cm³/mol. The topological polar surface area (TPSA) is 185 Å². The first kappa shape index (κ1) is 28.5. The number of amides is 2. The molecule has 4 atom stereocenters. The molecule has 0 saturated heterocycles. The molecule has 0 aromatic rings. The maximum Gasteiger partial charge on any atom is 0.326 e. The summed E-state index contributed by atoms with van der Waals surface area (Å²) in [6, 6.07) is -3.81. The van der Waals surface area contributed by atoms with Crippen molar-refractivity contribution < 1.29 is 29.4 Å². The molecule has 0 spiro atoms. The Hall–Kier alpha value is -1.50. The number of rotatable bonds is 15. The third-order valence-electron chi connectivity index (χ3n) is 3.90. The first-order valence-corrected chi connectivity index (χ1v) is 12.2. The van der Waals surface area contributed by atoms with Crippen molar-refractivity contribution in [2.45, 2.75) is 64.7 Å². The van der Waals surface area contributed by atoms with Crippen molar-refractivity contribution in [2.24, 2.45) is 23.3 Å². The number of aliphatic carboxylic acids is 2. The molecule has 10 nitrogen and oxygen atoms in total. The Bertz CT molecular complexity index is 541. The van der Waals surface area contributed by atoms with Gasteiger partial charge in [-0.2, -0.15) is 0 Å². The number of carbonyl (C=O) groups excluding carboxylic acids is 2. The highest BCUT2D eigenvalue weighted by molar-refractivity contribution is 8.76. The summed E-state index contributed by atoms with van der Waals surface area (Å²) in [5.41, 5.74) is 11.6. The molecule has 0 bridgehead atoms. The molecule has 0 heterocycles. The van der Waals surface area contributed by atoms with Gasteiger partial charge in [0, 0.05) is 11.5 Å². The SMILES string of the molecule is CC(C)C[C@H](NC(=O)[C@H](N)CSSC[C@H](N)C(=O)N[C@@H](CC(C)C)C(=O)O)C(=O)O. The van der Waals surface area contributed by atoms with Crippen LogP contribution in [0.25, 0.3) is 0 Å². The van der Waals surface area contributed by atoms with Crippen LogP contribution in [0.5, 0.6) is 0 Å². The van der Waals surface area contributed by atoms with E-state index >= 15 is 0 Å². The van der Waals surface area contributed by atoms with Gasteiger partial charge in [0.05, 0.1) is 12.1 Å². The van der Waals surface area contributed by atoms with Gasteiger partial charge in [-0.1, -0.05) is 49.3 Å². The van der Waals surface area contributed by atoms with Gasteiger partial charge in [-0.25, -0.2) is 9.59 Å². The summed E-state index contributed by atoms with van der Waals surface area (Å²) in [5, 5.41) is 23.2. The molecule has 0 radical (unpaired) electrons. The molecule has 0 aliphatic carbocycles. The molecule has 0 aromatic heterocycles. The summed E-state index contributed by atoms with van der Waals surface area (Å²) < 4.78 is 0. The number of carboxylic acids is 2. The second-order valence-corrected chi connectivity index (χ2v) is 10.4. The van der Waals surface area contributed by atoms with E-state index in [-0.39, 0.29) is 23.3 Å². The van der Waals surface area contributed by atoms with Gasteiger partial charge in [-0.15, -0.1) is 0 Å². The van der Waals surface area contributed by atoms with Gasteiger partial charge in [-0.05, 0) is 24.7 Å². The van der Waals surface area contributed by atoms with E-state index in [1.807, 2.05) is 27.7 Å². The van der Waals surface area contributed by atoms with Crippen molar-refractivity contribution in [1.29, 1.82) is 0 Å². The Labute approximate surface area is 185 Å². The van der Waals surface area contributed by atoms with E-state index in [0.29, 0.717) is 12.8 Å². The van der Waals surface area contributed by atoms with Crippen molar-refractivity contribution in [3.8, 4) is 0 Å². The molecule has 12 heteroatoms. The van der Waals surface area contributed by atoms with Crippen LogP contribution in [0.3, 0.4) is 0 Å². The van der Waals surface area contributed by atoms with Gasteiger partial charge in [0.2, 0.25) is 11.8 Å². The van der Waals surface area contributed by atoms with Gasteiger partial charge in [0.1, 0.15) is 12.1 Å². The number of carboxylic acid groups (broad SMARTS) is 2. The van der Waals surface area contributed by atoms with Gasteiger partial charge in [0.25, 0.3) is 0 Å². The first-order chi connectivity index (χ1) is 13.8. The molecule has 174 valence electrons. The average Bonchev–Trinajstić information content (AvgIpc) is 2.62. The zero-order valence-electron chi connectivity index (χ0n) is 17.8. The van der Waals surface area contributed by atoms with E-state index in [1.165, 1.54) is 21.6 Å². The van der Waals surface area contributed by atoms with E-state index in [4.69, 9.17) is 11.5 Å². The normalized spacial score (nSPS) is 15.3. The van der Waals surface area contributed by atoms with Crippen LogP contribution in [0.15, 0.2) is 0 Å². The summed E-state index contributed by atoms with van der Waals surface area (Å²) in [4.78, 5) is 46.6. The molecule has 0 saturated carbocycles. The van der Waals surface area contributed by atoms with Gasteiger partial charge < -0.3 is 32.3 Å². The summed E-state index contributed by atoms with van der Waals surface area (Å²) in [5.74, 6) is -2.75. The highest BCUT2D eigenvalue weighted by Crippen LogP contribution is 2.22. The van der Waals surface area contributed by atoms with Crippen LogP contribution in [-0.2, 0) is 19.2 Å². The molecule has 0 rings (SSSR count). The molecular formula is C18H34N4O6S2. The van der Waals surface area contributed by atoms with E-state index in [2.05, 4.69) is 10.6 Å². The maximum absolute atomic E-state index is 12.1. The quantitative estimate of drug-likeness (QED) is 0.144. The highest BCUT2D eigenvalue weighted by Gasteiger charge is 2.25. The highest BCUT2D eigenvalue weighted by atomic mass is 33.1. The molecule has 0 unspecified atom stereocenters. The zero-order chi connectivity index (χ0) is 23.4. The van der Waals surface area contributed by atoms with Crippen LogP contribution in [0.1, 0.15) is 40.5 Å². The van der Waals surface area contributed by atoms with Crippen molar-refractivity contribution in [3.63, 3.8) is 0 Å². The molecule has 0 aliphatic heterocycles. The number of nitrogens with two attached hydrogens (primary N) is 2. The fraction of sp³-hybridized carbons (Fsp3) is 0.778. The average molecular weight is 467 g/mol. The molecule has 0 aliphatic rings. The summed E-state index contributed by atoms with van der Waals surface area (Å²) in [7, 11) is 2.46. The Kier molecular flexibility index (Phi) is 13.8. The van der Waals surface area contributed by atoms with E-state index in [0.717, 1.165) is 0 Å². The third-order valence-corrected chi connectivity index (χ3v) is 6.37. The fourth-order valence-electron chi connectivity index (χ4n) is 2.34. The van der Waals surface area contributed by atoms with E-state index in [9.17, 15) is 29.4 Å². The number of hydrogen-bond acceptors (Lipinski definition) is 8. The first-order valence-electron chi connectivity index (χ1n) is 9.67. The summed E-state index contributed by atoms with van der Waals surface area (Å²) in [6.07, 6.45) is 0.599. The molecule has 0 fully saturated rings. The maximum atomic E-state index is 12.1. The van der Waals surface area contributed by atoms with Crippen LogP contribution in [-0.4, -0.2) is 69.6 Å². The molecular weight excluding hydrogens is 432 g/mol. The van der Waals surface area contributed by atoms with Crippen molar-refractivity contribution >= 4 is 45.3 Å². The van der Waals surface area contributed by atoms with Crippen molar-refractivity contribution in [2.75, 3.05) is 11.5 Å². The fourth-order valence-corrected chi connectivity index (χ4v) is 4.58. The number of nitrogens with one attached hydrogen (secondary N) is 2. The Balaban J connectivity index is 4.36. The summed E-state index contributed by atoms with van der Waals surface area (Å²) in [6.45, 7) is 7.43. The minimum Gasteiger partial charge on any atom is -0.480 e. The lowest BCUT2D eigenvalue weighted by Gasteiger charge is -2.20. The van der Waals surface area contributed by atoms with Crippen molar-refractivity contribution in [1.82, 2.24) is 10.6 Å². The Morgan fingerprint density at radius 1 is 0.733 bits per heavy atom. The van der Waals surface area contributed by atoms with Gasteiger partial charge in [-0.3, -0.25) is 9.59 Å². The summed E-state index contributed by atoms with van der Waals surface area (Å²) >= 11 is 0. The van der Waals surface area contributed by atoms with Crippen LogP contribution in [0.4, 0.5) is 0 Å². The third kappa shape index (κ3) is 12.3. The Morgan fingerprint density at radius 3 is 1.27 bits per heavy atom. The monoisotopic (exact) mass is 466 g/mol. The zero-order valence-corrected chi connectivity index (χ0v) is 19.4. The molecule has 0 aromatic carbocycles. The minimum absolute atomic E-state index is 0.0986. The Morgan fingerprint density at radius 2 is 1.03 bits per heavy atom. The smallest absolute Gasteiger partial charge is 0.326 e. The molecule has 2 amide bonds.